The number of nitrogens with one attached hydrogen (secondary N) is 1. The van der Waals surface area contributed by atoms with Crippen LogP contribution in [0.1, 0.15) is 45.2 Å². The van der Waals surface area contributed by atoms with E-state index in [0.717, 1.165) is 12.5 Å². The molecule has 3 rings (SSSR count). The Hall–Kier alpha value is -1.12. The lowest BCUT2D eigenvalue weighted by Crippen LogP contribution is -2.39. The lowest BCUT2D eigenvalue weighted by molar-refractivity contribution is 0.289. The fourth-order valence-corrected chi connectivity index (χ4v) is 4.07. The summed E-state index contributed by atoms with van der Waals surface area (Å²) in [7, 11) is 0. The average molecular weight is 285 g/mol. The summed E-state index contributed by atoms with van der Waals surface area (Å²) in [5.74, 6) is 0.764. The van der Waals surface area contributed by atoms with Gasteiger partial charge in [-0.05, 0) is 62.3 Å². The van der Waals surface area contributed by atoms with Crippen molar-refractivity contribution in [3.05, 3.63) is 56.8 Å². The first-order valence-electron chi connectivity index (χ1n) is 7.48. The highest BCUT2D eigenvalue weighted by molar-refractivity contribution is 7.12. The van der Waals surface area contributed by atoms with Crippen LogP contribution in [-0.2, 0) is 6.54 Å². The van der Waals surface area contributed by atoms with Gasteiger partial charge >= 0.3 is 0 Å². The minimum atomic E-state index is 0.697. The van der Waals surface area contributed by atoms with E-state index >= 15 is 0 Å². The standard InChI is InChI=1S/C18H23NS/c1-12-6-4-5-7-18(12)15-9-16(10-15)19-11-17-8-13(2)14(3)20-17/h4-8,15-16,19H,9-11H2,1-3H3. The maximum Gasteiger partial charge on any atom is 0.0302 e. The molecule has 0 radical (unpaired) electrons. The first kappa shape index (κ1) is 13.8. The van der Waals surface area contributed by atoms with Gasteiger partial charge in [-0.2, -0.15) is 0 Å². The van der Waals surface area contributed by atoms with E-state index in [1.807, 2.05) is 11.3 Å². The summed E-state index contributed by atoms with van der Waals surface area (Å²) in [4.78, 5) is 2.92. The second kappa shape index (κ2) is 5.71. The van der Waals surface area contributed by atoms with Crippen LogP contribution in [0.2, 0.25) is 0 Å². The summed E-state index contributed by atoms with van der Waals surface area (Å²) in [5.41, 5.74) is 4.42. The number of rotatable bonds is 4. The van der Waals surface area contributed by atoms with Crippen molar-refractivity contribution in [1.29, 1.82) is 0 Å². The van der Waals surface area contributed by atoms with Crippen molar-refractivity contribution < 1.29 is 0 Å². The number of aryl methyl sites for hydroxylation is 3. The fraction of sp³-hybridized carbons (Fsp3) is 0.444. The van der Waals surface area contributed by atoms with E-state index in [1.165, 1.54) is 33.7 Å². The molecule has 0 saturated heterocycles. The highest BCUT2D eigenvalue weighted by Gasteiger charge is 2.30. The maximum absolute atomic E-state index is 3.71. The molecular formula is C18H23NS. The lowest BCUT2D eigenvalue weighted by Gasteiger charge is -2.37. The molecule has 2 aromatic rings. The number of hydrogen-bond acceptors (Lipinski definition) is 2. The van der Waals surface area contributed by atoms with Crippen LogP contribution >= 0.6 is 11.3 Å². The highest BCUT2D eigenvalue weighted by atomic mass is 32.1. The third-order valence-electron chi connectivity index (χ3n) is 4.55. The molecule has 1 aromatic carbocycles. The summed E-state index contributed by atoms with van der Waals surface area (Å²) < 4.78 is 0. The van der Waals surface area contributed by atoms with Gasteiger partial charge < -0.3 is 5.32 Å². The van der Waals surface area contributed by atoms with E-state index < -0.39 is 0 Å². The van der Waals surface area contributed by atoms with Gasteiger partial charge in [-0.3, -0.25) is 0 Å². The molecule has 1 nitrogen and oxygen atoms in total. The van der Waals surface area contributed by atoms with E-state index in [1.54, 1.807) is 5.56 Å². The summed E-state index contributed by atoms with van der Waals surface area (Å²) in [6.07, 6.45) is 2.57. The SMILES string of the molecule is Cc1ccccc1C1CC(NCc2cc(C)c(C)s2)C1. The summed E-state index contributed by atoms with van der Waals surface area (Å²) in [6, 6.07) is 11.8. The summed E-state index contributed by atoms with van der Waals surface area (Å²) in [5, 5.41) is 3.71. The Morgan fingerprint density at radius 3 is 2.50 bits per heavy atom. The Kier molecular flexibility index (Phi) is 3.95. The maximum atomic E-state index is 3.71. The van der Waals surface area contributed by atoms with Crippen LogP contribution in [-0.4, -0.2) is 6.04 Å². The third-order valence-corrected chi connectivity index (χ3v) is 5.70. The molecule has 0 unspecified atom stereocenters. The van der Waals surface area contributed by atoms with Gasteiger partial charge in [0.25, 0.3) is 0 Å². The molecule has 20 heavy (non-hydrogen) atoms. The normalized spacial score (nSPS) is 21.8. The molecule has 0 spiro atoms. The molecule has 0 aliphatic heterocycles. The Morgan fingerprint density at radius 2 is 1.85 bits per heavy atom. The molecule has 106 valence electrons. The number of thiophene rings is 1. The average Bonchev–Trinajstić information content (AvgIpc) is 2.69. The molecule has 1 aliphatic rings. The second-order valence-corrected chi connectivity index (χ2v) is 7.40. The van der Waals surface area contributed by atoms with Crippen LogP contribution in [0.25, 0.3) is 0 Å². The molecule has 0 amide bonds. The molecule has 1 fully saturated rings. The van der Waals surface area contributed by atoms with Crippen molar-refractivity contribution in [3.8, 4) is 0 Å². The van der Waals surface area contributed by atoms with Gasteiger partial charge in [0.2, 0.25) is 0 Å². The zero-order valence-electron chi connectivity index (χ0n) is 12.6. The van der Waals surface area contributed by atoms with E-state index in [9.17, 15) is 0 Å². The van der Waals surface area contributed by atoms with E-state index in [2.05, 4.69) is 56.4 Å². The van der Waals surface area contributed by atoms with Crippen LogP contribution < -0.4 is 5.32 Å². The molecule has 1 heterocycles. The van der Waals surface area contributed by atoms with Gasteiger partial charge in [0.05, 0.1) is 0 Å². The smallest absolute Gasteiger partial charge is 0.0302 e. The summed E-state index contributed by atoms with van der Waals surface area (Å²) >= 11 is 1.93. The summed E-state index contributed by atoms with van der Waals surface area (Å²) in [6.45, 7) is 7.67. The third kappa shape index (κ3) is 2.82. The van der Waals surface area contributed by atoms with Crippen LogP contribution in [0.3, 0.4) is 0 Å². The Labute approximate surface area is 126 Å². The van der Waals surface area contributed by atoms with Gasteiger partial charge in [-0.1, -0.05) is 24.3 Å². The second-order valence-electron chi connectivity index (χ2n) is 6.05. The van der Waals surface area contributed by atoms with Crippen molar-refractivity contribution >= 4 is 11.3 Å². The molecule has 2 heteroatoms. The first-order chi connectivity index (χ1) is 9.63. The van der Waals surface area contributed by atoms with Gasteiger partial charge in [0.1, 0.15) is 0 Å². The number of hydrogen-bond donors (Lipinski definition) is 1. The lowest BCUT2D eigenvalue weighted by atomic mass is 9.74. The van der Waals surface area contributed by atoms with Crippen LogP contribution in [0.4, 0.5) is 0 Å². The van der Waals surface area contributed by atoms with Gasteiger partial charge in [0, 0.05) is 22.3 Å². The van der Waals surface area contributed by atoms with Gasteiger partial charge in [0.15, 0.2) is 0 Å². The van der Waals surface area contributed by atoms with Crippen LogP contribution in [0.5, 0.6) is 0 Å². The fourth-order valence-electron chi connectivity index (χ4n) is 3.07. The largest absolute Gasteiger partial charge is 0.309 e. The predicted octanol–water partition coefficient (Wildman–Crippen LogP) is 4.71. The highest BCUT2D eigenvalue weighted by Crippen LogP contribution is 2.38. The van der Waals surface area contributed by atoms with Crippen molar-refractivity contribution in [2.24, 2.45) is 0 Å². The topological polar surface area (TPSA) is 12.0 Å². The molecule has 1 aromatic heterocycles. The Morgan fingerprint density at radius 1 is 1.10 bits per heavy atom. The monoisotopic (exact) mass is 285 g/mol. The molecule has 1 saturated carbocycles. The van der Waals surface area contributed by atoms with Gasteiger partial charge in [-0.15, -0.1) is 11.3 Å². The first-order valence-corrected chi connectivity index (χ1v) is 8.30. The van der Waals surface area contributed by atoms with E-state index in [-0.39, 0.29) is 0 Å². The molecule has 1 N–H and O–H groups in total. The molecular weight excluding hydrogens is 262 g/mol. The van der Waals surface area contributed by atoms with E-state index in [0.29, 0.717) is 6.04 Å². The van der Waals surface area contributed by atoms with E-state index in [4.69, 9.17) is 0 Å². The van der Waals surface area contributed by atoms with Crippen LogP contribution in [0.15, 0.2) is 30.3 Å². The van der Waals surface area contributed by atoms with Crippen molar-refractivity contribution in [2.45, 2.75) is 52.1 Å². The van der Waals surface area contributed by atoms with Crippen molar-refractivity contribution in [2.75, 3.05) is 0 Å². The molecule has 0 atom stereocenters. The van der Waals surface area contributed by atoms with Crippen molar-refractivity contribution in [3.63, 3.8) is 0 Å². The predicted molar refractivity (Wildman–Crippen MR) is 87.6 cm³/mol. The minimum absolute atomic E-state index is 0.697. The zero-order valence-corrected chi connectivity index (χ0v) is 13.4. The quantitative estimate of drug-likeness (QED) is 0.858. The van der Waals surface area contributed by atoms with Gasteiger partial charge in [-0.25, -0.2) is 0 Å². The molecule has 0 bridgehead atoms. The Bertz CT molecular complexity index is 574. The minimum Gasteiger partial charge on any atom is -0.309 e. The van der Waals surface area contributed by atoms with Crippen molar-refractivity contribution in [1.82, 2.24) is 5.32 Å². The molecule has 1 aliphatic carbocycles. The van der Waals surface area contributed by atoms with Crippen LogP contribution in [0, 0.1) is 20.8 Å². The Balaban J connectivity index is 1.50. The number of benzene rings is 1. The zero-order chi connectivity index (χ0) is 14.1.